The third kappa shape index (κ3) is 3.03. The van der Waals surface area contributed by atoms with Crippen molar-refractivity contribution in [1.29, 1.82) is 0 Å². The Morgan fingerprint density at radius 1 is 1.65 bits per heavy atom. The maximum absolute atomic E-state index is 11.9. The lowest BCUT2D eigenvalue weighted by atomic mass is 10.2. The Labute approximate surface area is 102 Å². The predicted octanol–water partition coefficient (Wildman–Crippen LogP) is 1.46. The van der Waals surface area contributed by atoms with Gasteiger partial charge in [0.25, 0.3) is 5.91 Å². The Bertz CT molecular complexity index is 405. The number of nitrogens with one attached hydrogen (secondary N) is 1. The predicted molar refractivity (Wildman–Crippen MR) is 66.4 cm³/mol. The van der Waals surface area contributed by atoms with Gasteiger partial charge >= 0.3 is 0 Å². The van der Waals surface area contributed by atoms with Gasteiger partial charge in [0.2, 0.25) is 0 Å². The summed E-state index contributed by atoms with van der Waals surface area (Å²) in [5.41, 5.74) is 6.90. The molecule has 0 aliphatic heterocycles. The summed E-state index contributed by atoms with van der Waals surface area (Å²) >= 11 is 0. The Hall–Kier alpha value is -1.42. The van der Waals surface area contributed by atoms with Crippen molar-refractivity contribution in [1.82, 2.24) is 10.3 Å². The maximum Gasteiger partial charge on any atom is 0.251 e. The van der Waals surface area contributed by atoms with Crippen molar-refractivity contribution in [3.63, 3.8) is 0 Å². The van der Waals surface area contributed by atoms with Gasteiger partial charge in [-0.1, -0.05) is 13.3 Å². The van der Waals surface area contributed by atoms with Crippen LogP contribution in [0, 0.1) is 5.92 Å². The number of carbonyl (C=O) groups is 1. The van der Waals surface area contributed by atoms with Gasteiger partial charge < -0.3 is 11.1 Å². The zero-order chi connectivity index (χ0) is 12.3. The van der Waals surface area contributed by atoms with Crippen LogP contribution in [-0.4, -0.2) is 16.9 Å². The van der Waals surface area contributed by atoms with E-state index in [1.807, 2.05) is 0 Å². The van der Waals surface area contributed by atoms with Crippen LogP contribution < -0.4 is 11.1 Å². The van der Waals surface area contributed by atoms with Crippen molar-refractivity contribution in [2.24, 2.45) is 11.7 Å². The molecule has 92 valence electrons. The molecule has 4 nitrogen and oxygen atoms in total. The topological polar surface area (TPSA) is 68.0 Å². The highest BCUT2D eigenvalue weighted by Crippen LogP contribution is 2.34. The van der Waals surface area contributed by atoms with Crippen LogP contribution >= 0.6 is 0 Å². The molecule has 3 N–H and O–H groups in total. The van der Waals surface area contributed by atoms with Crippen molar-refractivity contribution in [2.45, 2.75) is 38.8 Å². The molecule has 0 bridgehead atoms. The summed E-state index contributed by atoms with van der Waals surface area (Å²) < 4.78 is 0. The summed E-state index contributed by atoms with van der Waals surface area (Å²) in [6, 6.07) is 3.86. The number of amides is 1. The molecule has 2 atom stereocenters. The lowest BCUT2D eigenvalue weighted by molar-refractivity contribution is 0.0948. The van der Waals surface area contributed by atoms with E-state index < -0.39 is 0 Å². The van der Waals surface area contributed by atoms with Crippen LogP contribution in [0.3, 0.4) is 0 Å². The lowest BCUT2D eigenvalue weighted by Gasteiger charge is -2.05. The molecule has 0 spiro atoms. The van der Waals surface area contributed by atoms with Gasteiger partial charge in [0.05, 0.1) is 5.69 Å². The first-order valence-electron chi connectivity index (χ1n) is 6.20. The second kappa shape index (κ2) is 5.27. The van der Waals surface area contributed by atoms with Crippen molar-refractivity contribution in [2.75, 3.05) is 0 Å². The summed E-state index contributed by atoms with van der Waals surface area (Å²) in [6.45, 7) is 2.54. The molecule has 4 heteroatoms. The molecule has 1 heterocycles. The summed E-state index contributed by atoms with van der Waals surface area (Å²) in [5, 5.41) is 3.05. The lowest BCUT2D eigenvalue weighted by Crippen LogP contribution is -2.27. The van der Waals surface area contributed by atoms with Gasteiger partial charge in [-0.2, -0.15) is 0 Å². The van der Waals surface area contributed by atoms with E-state index >= 15 is 0 Å². The number of nitrogens with two attached hydrogens (primary N) is 1. The normalized spacial score (nSPS) is 22.2. The molecule has 2 unspecified atom stereocenters. The number of nitrogens with zero attached hydrogens (tertiary/aromatic N) is 1. The number of aromatic nitrogens is 1. The van der Waals surface area contributed by atoms with Gasteiger partial charge in [0.15, 0.2) is 0 Å². The molecular formula is C13H19N3O. The molecule has 1 amide bonds. The SMILES string of the molecule is CCCC1CC1NC(=O)c1ccnc(CN)c1. The fraction of sp³-hybridized carbons (Fsp3) is 0.538. The average molecular weight is 233 g/mol. The minimum Gasteiger partial charge on any atom is -0.349 e. The van der Waals surface area contributed by atoms with E-state index in [1.54, 1.807) is 18.3 Å². The molecule has 1 fully saturated rings. The second-order valence-electron chi connectivity index (χ2n) is 4.60. The van der Waals surface area contributed by atoms with Crippen molar-refractivity contribution < 1.29 is 4.79 Å². The highest BCUT2D eigenvalue weighted by Gasteiger charge is 2.37. The standard InChI is InChI=1S/C13H19N3O/c1-2-3-9-7-12(9)16-13(17)10-4-5-15-11(6-10)8-14/h4-6,9,12H,2-3,7-8,14H2,1H3,(H,16,17). The number of hydrogen-bond donors (Lipinski definition) is 2. The first-order valence-corrected chi connectivity index (χ1v) is 6.20. The molecule has 1 aliphatic rings. The van der Waals surface area contributed by atoms with Crippen LogP contribution in [0.4, 0.5) is 0 Å². The first kappa shape index (κ1) is 12.0. The Morgan fingerprint density at radius 2 is 2.47 bits per heavy atom. The number of pyridine rings is 1. The molecule has 0 aromatic carbocycles. The monoisotopic (exact) mass is 233 g/mol. The van der Waals surface area contributed by atoms with Gasteiger partial charge in [-0.05, 0) is 30.9 Å². The van der Waals surface area contributed by atoms with E-state index in [0.29, 0.717) is 24.1 Å². The van der Waals surface area contributed by atoms with Crippen molar-refractivity contribution >= 4 is 5.91 Å². The van der Waals surface area contributed by atoms with E-state index in [1.165, 1.54) is 12.8 Å². The van der Waals surface area contributed by atoms with E-state index in [2.05, 4.69) is 17.2 Å². The van der Waals surface area contributed by atoms with E-state index in [0.717, 1.165) is 12.1 Å². The number of carbonyl (C=O) groups excluding carboxylic acids is 1. The van der Waals surface area contributed by atoms with Gasteiger partial charge in [0.1, 0.15) is 0 Å². The van der Waals surface area contributed by atoms with Crippen LogP contribution in [0.2, 0.25) is 0 Å². The molecule has 1 aliphatic carbocycles. The number of hydrogen-bond acceptors (Lipinski definition) is 3. The van der Waals surface area contributed by atoms with Crippen LogP contribution in [0.15, 0.2) is 18.3 Å². The van der Waals surface area contributed by atoms with Gasteiger partial charge in [0, 0.05) is 24.3 Å². The summed E-state index contributed by atoms with van der Waals surface area (Å²) in [6.07, 6.45) is 5.14. The molecule has 0 radical (unpaired) electrons. The summed E-state index contributed by atoms with van der Waals surface area (Å²) in [5.74, 6) is 0.672. The van der Waals surface area contributed by atoms with Crippen LogP contribution in [0.5, 0.6) is 0 Å². The molecule has 0 saturated heterocycles. The highest BCUT2D eigenvalue weighted by atomic mass is 16.1. The Kier molecular flexibility index (Phi) is 3.74. The maximum atomic E-state index is 11.9. The minimum absolute atomic E-state index is 0.00861. The largest absolute Gasteiger partial charge is 0.349 e. The minimum atomic E-state index is -0.00861. The molecule has 1 aromatic rings. The number of rotatable bonds is 5. The average Bonchev–Trinajstić information content (AvgIpc) is 3.08. The second-order valence-corrected chi connectivity index (χ2v) is 4.60. The van der Waals surface area contributed by atoms with Crippen LogP contribution in [0.1, 0.15) is 42.2 Å². The van der Waals surface area contributed by atoms with E-state index in [9.17, 15) is 4.79 Å². The molecule has 1 saturated carbocycles. The fourth-order valence-electron chi connectivity index (χ4n) is 2.10. The Morgan fingerprint density at radius 3 is 3.18 bits per heavy atom. The summed E-state index contributed by atoms with van der Waals surface area (Å²) in [7, 11) is 0. The highest BCUT2D eigenvalue weighted by molar-refractivity contribution is 5.94. The Balaban J connectivity index is 1.91. The van der Waals surface area contributed by atoms with Crippen LogP contribution in [-0.2, 0) is 6.54 Å². The van der Waals surface area contributed by atoms with Crippen LogP contribution in [0.25, 0.3) is 0 Å². The van der Waals surface area contributed by atoms with E-state index in [-0.39, 0.29) is 5.91 Å². The molecule has 1 aromatic heterocycles. The van der Waals surface area contributed by atoms with Gasteiger partial charge in [-0.15, -0.1) is 0 Å². The zero-order valence-electron chi connectivity index (χ0n) is 10.1. The molecule has 2 rings (SSSR count). The summed E-state index contributed by atoms with van der Waals surface area (Å²) in [4.78, 5) is 16.0. The first-order chi connectivity index (χ1) is 8.24. The molecule has 17 heavy (non-hydrogen) atoms. The molecular weight excluding hydrogens is 214 g/mol. The van der Waals surface area contributed by atoms with Crippen molar-refractivity contribution in [3.8, 4) is 0 Å². The smallest absolute Gasteiger partial charge is 0.251 e. The zero-order valence-corrected chi connectivity index (χ0v) is 10.1. The third-order valence-electron chi connectivity index (χ3n) is 3.19. The van der Waals surface area contributed by atoms with Crippen molar-refractivity contribution in [3.05, 3.63) is 29.6 Å². The van der Waals surface area contributed by atoms with Gasteiger partial charge in [-0.3, -0.25) is 9.78 Å². The quantitative estimate of drug-likeness (QED) is 0.809. The third-order valence-corrected chi connectivity index (χ3v) is 3.19. The van der Waals surface area contributed by atoms with E-state index in [4.69, 9.17) is 5.73 Å². The van der Waals surface area contributed by atoms with Gasteiger partial charge in [-0.25, -0.2) is 0 Å². The fourth-order valence-corrected chi connectivity index (χ4v) is 2.10.